The van der Waals surface area contributed by atoms with Crippen LogP contribution in [0.5, 0.6) is 0 Å². The molecule has 1 rings (SSSR count). The zero-order chi connectivity index (χ0) is 12.1. The molecule has 0 bridgehead atoms. The Balaban J connectivity index is 0. The third-order valence-electron chi connectivity index (χ3n) is 1.96. The predicted octanol–water partition coefficient (Wildman–Crippen LogP) is -0.600. The van der Waals surface area contributed by atoms with Crippen LogP contribution in [0.3, 0.4) is 0 Å². The largest absolute Gasteiger partial charge is 1.00 e. The summed E-state index contributed by atoms with van der Waals surface area (Å²) < 4.78 is 4.85. The van der Waals surface area contributed by atoms with Crippen LogP contribution >= 0.6 is 11.8 Å². The van der Waals surface area contributed by atoms with Gasteiger partial charge in [-0.2, -0.15) is 0 Å². The molecule has 17 heavy (non-hydrogen) atoms. The number of thioether (sulfide) groups is 1. The summed E-state index contributed by atoms with van der Waals surface area (Å²) in [6.07, 6.45) is 1.78. The van der Waals surface area contributed by atoms with Crippen LogP contribution in [0.4, 0.5) is 0 Å². The fourth-order valence-corrected chi connectivity index (χ4v) is 1.91. The summed E-state index contributed by atoms with van der Waals surface area (Å²) in [5.74, 6) is -1.72. The van der Waals surface area contributed by atoms with Crippen LogP contribution in [0.15, 0.2) is 23.1 Å². The summed E-state index contributed by atoms with van der Waals surface area (Å²) in [6, 6.07) is 4.70. The molecule has 0 aliphatic rings. The van der Waals surface area contributed by atoms with Crippen molar-refractivity contribution in [3.63, 3.8) is 0 Å². The van der Waals surface area contributed by atoms with Gasteiger partial charge in [-0.1, -0.05) is 6.07 Å². The Bertz CT molecular complexity index is 426. The molecular formula is C11H13NaO4S. The summed E-state index contributed by atoms with van der Waals surface area (Å²) >= 11 is 1.32. The monoisotopic (exact) mass is 264 g/mol. The van der Waals surface area contributed by atoms with E-state index < -0.39 is 11.9 Å². The van der Waals surface area contributed by atoms with Crippen LogP contribution < -0.4 is 29.6 Å². The molecule has 0 amide bonds. The van der Waals surface area contributed by atoms with Crippen molar-refractivity contribution in [2.75, 3.05) is 12.9 Å². The maximum atomic E-state index is 11.7. The van der Waals surface area contributed by atoms with Crippen LogP contribution in [-0.4, -0.2) is 29.9 Å². The molecule has 0 unspecified atom stereocenters. The van der Waals surface area contributed by atoms with Gasteiger partial charge in [0.15, 0.2) is 0 Å². The molecule has 0 radical (unpaired) electrons. The van der Waals surface area contributed by atoms with Crippen molar-refractivity contribution in [1.82, 2.24) is 0 Å². The van der Waals surface area contributed by atoms with Crippen LogP contribution in [0, 0.1) is 0 Å². The van der Waals surface area contributed by atoms with Gasteiger partial charge in [-0.25, -0.2) is 9.59 Å². The van der Waals surface area contributed by atoms with Gasteiger partial charge in [0.1, 0.15) is 0 Å². The fraction of sp³-hybridized carbons (Fsp3) is 0.273. The smallest absolute Gasteiger partial charge is 1.00 e. The van der Waals surface area contributed by atoms with E-state index in [0.29, 0.717) is 4.90 Å². The molecule has 0 spiro atoms. The normalized spacial score (nSPS) is 9.29. The van der Waals surface area contributed by atoms with Gasteiger partial charge in [0.2, 0.25) is 0 Å². The Labute approximate surface area is 128 Å². The van der Waals surface area contributed by atoms with E-state index >= 15 is 0 Å². The number of carbonyl (C=O) groups excluding carboxylic acids is 1. The van der Waals surface area contributed by atoms with E-state index in [9.17, 15) is 9.59 Å². The SMILES string of the molecule is CCOC(=O)c1c(SC)cccc1C(=O)O.[H-].[Na+]. The Hall–Kier alpha value is -0.490. The van der Waals surface area contributed by atoms with Gasteiger partial charge in [-0.15, -0.1) is 11.8 Å². The quantitative estimate of drug-likeness (QED) is 0.447. The van der Waals surface area contributed by atoms with Gasteiger partial charge in [0.25, 0.3) is 0 Å². The molecule has 1 N–H and O–H groups in total. The van der Waals surface area contributed by atoms with Crippen molar-refractivity contribution in [2.24, 2.45) is 0 Å². The molecule has 0 saturated carbocycles. The third-order valence-corrected chi connectivity index (χ3v) is 2.74. The number of hydrogen-bond donors (Lipinski definition) is 1. The average Bonchev–Trinajstić information content (AvgIpc) is 2.28. The van der Waals surface area contributed by atoms with Crippen molar-refractivity contribution in [3.8, 4) is 0 Å². The zero-order valence-corrected chi connectivity index (χ0v) is 12.8. The summed E-state index contributed by atoms with van der Waals surface area (Å²) in [4.78, 5) is 23.2. The summed E-state index contributed by atoms with van der Waals surface area (Å²) in [7, 11) is 0. The molecular weight excluding hydrogens is 251 g/mol. The second kappa shape index (κ2) is 7.76. The molecule has 0 atom stereocenters. The van der Waals surface area contributed by atoms with Gasteiger partial charge < -0.3 is 11.3 Å². The molecule has 0 saturated heterocycles. The van der Waals surface area contributed by atoms with Gasteiger partial charge in [0, 0.05) is 4.90 Å². The standard InChI is InChI=1S/C11H12O4S.Na.H/c1-3-15-11(14)9-7(10(12)13)5-4-6-8(9)16-2;;/h4-6H,3H2,1-2H3,(H,12,13);;/q;+1;-1. The topological polar surface area (TPSA) is 63.6 Å². The van der Waals surface area contributed by atoms with Crippen molar-refractivity contribution in [3.05, 3.63) is 29.3 Å². The maximum absolute atomic E-state index is 11.7. The van der Waals surface area contributed by atoms with Crippen molar-refractivity contribution >= 4 is 23.7 Å². The Morgan fingerprint density at radius 1 is 1.47 bits per heavy atom. The minimum Gasteiger partial charge on any atom is -1.00 e. The summed E-state index contributed by atoms with van der Waals surface area (Å²) in [5, 5.41) is 8.99. The van der Waals surface area contributed by atoms with Crippen LogP contribution in [-0.2, 0) is 4.74 Å². The number of carboxylic acid groups (broad SMARTS) is 1. The second-order valence-corrected chi connectivity index (χ2v) is 3.76. The first-order chi connectivity index (χ1) is 7.61. The first-order valence-corrected chi connectivity index (χ1v) is 5.91. The molecule has 0 aliphatic carbocycles. The van der Waals surface area contributed by atoms with E-state index in [-0.39, 0.29) is 48.7 Å². The maximum Gasteiger partial charge on any atom is 1.00 e. The summed E-state index contributed by atoms with van der Waals surface area (Å²) in [6.45, 7) is 1.90. The predicted molar refractivity (Wildman–Crippen MR) is 62.3 cm³/mol. The minimum absolute atomic E-state index is 0. The van der Waals surface area contributed by atoms with Gasteiger partial charge >= 0.3 is 41.5 Å². The number of esters is 1. The van der Waals surface area contributed by atoms with E-state index in [1.54, 1.807) is 25.3 Å². The Morgan fingerprint density at radius 3 is 2.59 bits per heavy atom. The second-order valence-electron chi connectivity index (χ2n) is 2.91. The van der Waals surface area contributed by atoms with Crippen LogP contribution in [0.25, 0.3) is 0 Å². The van der Waals surface area contributed by atoms with E-state index in [1.165, 1.54) is 17.8 Å². The van der Waals surface area contributed by atoms with E-state index in [1.807, 2.05) is 0 Å². The minimum atomic E-state index is -1.13. The Kier molecular flexibility index (Phi) is 7.54. The number of carbonyl (C=O) groups is 2. The molecule has 4 nitrogen and oxygen atoms in total. The molecule has 88 valence electrons. The molecule has 1 aromatic rings. The number of ether oxygens (including phenoxy) is 1. The summed E-state index contributed by atoms with van der Waals surface area (Å²) in [5.41, 5.74) is 0.106. The van der Waals surface area contributed by atoms with E-state index in [4.69, 9.17) is 9.84 Å². The zero-order valence-electron chi connectivity index (χ0n) is 11.0. The number of hydrogen-bond acceptors (Lipinski definition) is 4. The number of carboxylic acids is 1. The van der Waals surface area contributed by atoms with Crippen LogP contribution in [0.2, 0.25) is 0 Å². The number of aromatic carboxylic acids is 1. The molecule has 0 fully saturated rings. The molecule has 6 heteroatoms. The van der Waals surface area contributed by atoms with Crippen molar-refractivity contribution < 1.29 is 50.4 Å². The molecule has 1 aromatic carbocycles. The molecule has 0 aromatic heterocycles. The van der Waals surface area contributed by atoms with Gasteiger partial charge in [-0.3, -0.25) is 0 Å². The van der Waals surface area contributed by atoms with Gasteiger partial charge in [-0.05, 0) is 25.3 Å². The number of rotatable bonds is 4. The van der Waals surface area contributed by atoms with Crippen molar-refractivity contribution in [1.29, 1.82) is 0 Å². The first-order valence-electron chi connectivity index (χ1n) is 4.69. The van der Waals surface area contributed by atoms with Gasteiger partial charge in [0.05, 0.1) is 17.7 Å². The first kappa shape index (κ1) is 16.5. The third kappa shape index (κ3) is 4.03. The van der Waals surface area contributed by atoms with Crippen LogP contribution in [0.1, 0.15) is 29.1 Å². The van der Waals surface area contributed by atoms with E-state index in [2.05, 4.69) is 0 Å². The van der Waals surface area contributed by atoms with Crippen molar-refractivity contribution in [2.45, 2.75) is 11.8 Å². The Morgan fingerprint density at radius 2 is 2.12 bits per heavy atom. The fourth-order valence-electron chi connectivity index (χ4n) is 1.29. The number of benzene rings is 1. The average molecular weight is 264 g/mol. The molecule has 0 heterocycles. The van der Waals surface area contributed by atoms with E-state index in [0.717, 1.165) is 0 Å². The molecule has 0 aliphatic heterocycles.